The summed E-state index contributed by atoms with van der Waals surface area (Å²) in [6, 6.07) is 8.08. The van der Waals surface area contributed by atoms with Crippen LogP contribution in [0.3, 0.4) is 0 Å². The van der Waals surface area contributed by atoms with Crippen molar-refractivity contribution in [2.45, 2.75) is 45.8 Å². The molecular formula is C20H20F3N5O. The van der Waals surface area contributed by atoms with E-state index in [4.69, 9.17) is 0 Å². The fourth-order valence-corrected chi connectivity index (χ4v) is 3.79. The molecule has 9 heteroatoms. The molecule has 0 saturated heterocycles. The third kappa shape index (κ3) is 3.68. The van der Waals surface area contributed by atoms with E-state index >= 15 is 0 Å². The highest BCUT2D eigenvalue weighted by molar-refractivity contribution is 5.77. The number of amides is 1. The van der Waals surface area contributed by atoms with Crippen LogP contribution in [0, 0.1) is 13.8 Å². The molecule has 0 atom stereocenters. The van der Waals surface area contributed by atoms with Gasteiger partial charge >= 0.3 is 6.18 Å². The number of fused-ring (bicyclic) bond motifs is 2. The number of carbonyl (C=O) groups excluding carboxylic acids is 1. The van der Waals surface area contributed by atoms with E-state index in [1.165, 1.54) is 5.56 Å². The van der Waals surface area contributed by atoms with Crippen LogP contribution in [0.15, 0.2) is 24.3 Å². The second kappa shape index (κ2) is 7.13. The smallest absolute Gasteiger partial charge is 0.338 e. The first-order valence-electron chi connectivity index (χ1n) is 9.38. The van der Waals surface area contributed by atoms with Gasteiger partial charge in [-0.2, -0.15) is 18.2 Å². The van der Waals surface area contributed by atoms with Crippen molar-refractivity contribution in [2.24, 2.45) is 0 Å². The summed E-state index contributed by atoms with van der Waals surface area (Å²) in [7, 11) is 0. The quantitative estimate of drug-likeness (QED) is 0.673. The molecule has 4 rings (SSSR count). The Morgan fingerprint density at radius 1 is 1.14 bits per heavy atom. The average molecular weight is 403 g/mol. The summed E-state index contributed by atoms with van der Waals surface area (Å²) in [5.74, 6) is -1.28. The first-order chi connectivity index (χ1) is 13.7. The standard InChI is InChI=1S/C20H20F3N5O/c1-12-16(13(2)28-19(24-12)25-18(26-28)20(21,22)23)7-8-17(29)27-10-9-14-5-3-4-6-15(14)11-27/h3-6H,7-11H2,1-2H3. The van der Waals surface area contributed by atoms with Crippen molar-refractivity contribution in [3.63, 3.8) is 0 Å². The Labute approximate surface area is 165 Å². The molecule has 0 aliphatic carbocycles. The van der Waals surface area contributed by atoms with Gasteiger partial charge < -0.3 is 4.90 Å². The molecule has 0 bridgehead atoms. The summed E-state index contributed by atoms with van der Waals surface area (Å²) in [5.41, 5.74) is 4.23. The molecule has 1 amide bonds. The number of benzene rings is 1. The Hall–Kier alpha value is -2.97. The lowest BCUT2D eigenvalue weighted by molar-refractivity contribution is -0.144. The lowest BCUT2D eigenvalue weighted by atomic mass is 9.99. The molecule has 29 heavy (non-hydrogen) atoms. The van der Waals surface area contributed by atoms with Crippen LogP contribution in [0.1, 0.15) is 40.3 Å². The molecular weight excluding hydrogens is 383 g/mol. The second-order valence-corrected chi connectivity index (χ2v) is 7.24. The van der Waals surface area contributed by atoms with Crippen LogP contribution in [0.2, 0.25) is 0 Å². The number of hydrogen-bond donors (Lipinski definition) is 0. The van der Waals surface area contributed by atoms with Crippen LogP contribution < -0.4 is 0 Å². The van der Waals surface area contributed by atoms with Crippen LogP contribution in [0.5, 0.6) is 0 Å². The average Bonchev–Trinajstić information content (AvgIpc) is 3.12. The first-order valence-corrected chi connectivity index (χ1v) is 9.38. The van der Waals surface area contributed by atoms with Gasteiger partial charge in [-0.1, -0.05) is 24.3 Å². The normalized spacial score (nSPS) is 14.3. The van der Waals surface area contributed by atoms with Crippen molar-refractivity contribution in [1.29, 1.82) is 0 Å². The Morgan fingerprint density at radius 2 is 1.86 bits per heavy atom. The number of rotatable bonds is 3. The summed E-state index contributed by atoms with van der Waals surface area (Å²) in [4.78, 5) is 22.2. The maximum atomic E-state index is 12.9. The van der Waals surface area contributed by atoms with Gasteiger partial charge in [0.2, 0.25) is 5.91 Å². The van der Waals surface area contributed by atoms with Gasteiger partial charge in [0.05, 0.1) is 0 Å². The van der Waals surface area contributed by atoms with E-state index in [0.717, 1.165) is 22.1 Å². The van der Waals surface area contributed by atoms with Crippen LogP contribution in [-0.2, 0) is 30.4 Å². The molecule has 3 heterocycles. The SMILES string of the molecule is Cc1nc2nc(C(F)(F)F)nn2c(C)c1CCC(=O)N1CCc2ccccc2C1. The van der Waals surface area contributed by atoms with Crippen LogP contribution in [0.25, 0.3) is 5.78 Å². The molecule has 152 valence electrons. The zero-order chi connectivity index (χ0) is 20.8. The van der Waals surface area contributed by atoms with Crippen LogP contribution >= 0.6 is 0 Å². The zero-order valence-corrected chi connectivity index (χ0v) is 16.1. The summed E-state index contributed by atoms with van der Waals surface area (Å²) in [5, 5.41) is 3.55. The number of alkyl halides is 3. The van der Waals surface area contributed by atoms with E-state index in [9.17, 15) is 18.0 Å². The number of carbonyl (C=O) groups is 1. The predicted octanol–water partition coefficient (Wildman–Crippen LogP) is 3.28. The molecule has 0 radical (unpaired) electrons. The van der Waals surface area contributed by atoms with E-state index < -0.39 is 12.0 Å². The molecule has 0 N–H and O–H groups in total. The Bertz CT molecular complexity index is 1090. The molecule has 2 aromatic heterocycles. The van der Waals surface area contributed by atoms with Crippen molar-refractivity contribution in [3.05, 3.63) is 58.2 Å². The van der Waals surface area contributed by atoms with Gasteiger partial charge in [0.15, 0.2) is 0 Å². The molecule has 0 unspecified atom stereocenters. The Kier molecular flexibility index (Phi) is 4.76. The number of hydrogen-bond acceptors (Lipinski definition) is 4. The molecule has 1 aliphatic rings. The highest BCUT2D eigenvalue weighted by atomic mass is 19.4. The van der Waals surface area contributed by atoms with Gasteiger partial charge in [-0.15, -0.1) is 5.10 Å². The maximum Gasteiger partial charge on any atom is 0.453 e. The molecule has 1 aromatic carbocycles. The van der Waals surface area contributed by atoms with Crippen molar-refractivity contribution < 1.29 is 18.0 Å². The summed E-state index contributed by atoms with van der Waals surface area (Å²) in [6.07, 6.45) is -3.15. The maximum absolute atomic E-state index is 12.9. The van der Waals surface area contributed by atoms with Gasteiger partial charge in [-0.05, 0) is 43.4 Å². The van der Waals surface area contributed by atoms with E-state index in [1.807, 2.05) is 23.1 Å². The monoisotopic (exact) mass is 403 g/mol. The highest BCUT2D eigenvalue weighted by Gasteiger charge is 2.37. The lowest BCUT2D eigenvalue weighted by Crippen LogP contribution is -2.36. The lowest BCUT2D eigenvalue weighted by Gasteiger charge is -2.29. The first kappa shape index (κ1) is 19.4. The molecule has 1 aliphatic heterocycles. The fourth-order valence-electron chi connectivity index (χ4n) is 3.79. The number of aryl methyl sites for hydroxylation is 2. The van der Waals surface area contributed by atoms with Crippen molar-refractivity contribution >= 4 is 11.7 Å². The summed E-state index contributed by atoms with van der Waals surface area (Å²) >= 11 is 0. The zero-order valence-electron chi connectivity index (χ0n) is 16.1. The van der Waals surface area contributed by atoms with E-state index in [1.54, 1.807) is 13.8 Å². The number of nitrogens with zero attached hydrogens (tertiary/aromatic N) is 5. The van der Waals surface area contributed by atoms with Gasteiger partial charge in [0.25, 0.3) is 11.6 Å². The largest absolute Gasteiger partial charge is 0.453 e. The van der Waals surface area contributed by atoms with E-state index in [2.05, 4.69) is 21.1 Å². The van der Waals surface area contributed by atoms with E-state index in [0.29, 0.717) is 30.9 Å². The summed E-state index contributed by atoms with van der Waals surface area (Å²) < 4.78 is 39.8. The molecule has 0 spiro atoms. The summed E-state index contributed by atoms with van der Waals surface area (Å²) in [6.45, 7) is 4.64. The highest BCUT2D eigenvalue weighted by Crippen LogP contribution is 2.27. The topological polar surface area (TPSA) is 63.4 Å². The minimum absolute atomic E-state index is 0.0213. The van der Waals surface area contributed by atoms with Gasteiger partial charge in [0, 0.05) is 30.9 Å². The molecule has 0 saturated carbocycles. The van der Waals surface area contributed by atoms with Gasteiger partial charge in [0.1, 0.15) is 0 Å². The van der Waals surface area contributed by atoms with Crippen molar-refractivity contribution in [2.75, 3.05) is 6.54 Å². The van der Waals surface area contributed by atoms with E-state index in [-0.39, 0.29) is 18.1 Å². The Morgan fingerprint density at radius 3 is 2.59 bits per heavy atom. The third-order valence-corrected chi connectivity index (χ3v) is 5.37. The van der Waals surface area contributed by atoms with Crippen molar-refractivity contribution in [1.82, 2.24) is 24.5 Å². The van der Waals surface area contributed by atoms with Crippen LogP contribution in [-0.4, -0.2) is 36.9 Å². The predicted molar refractivity (Wildman–Crippen MR) is 99.1 cm³/mol. The molecule has 3 aromatic rings. The van der Waals surface area contributed by atoms with Crippen LogP contribution in [0.4, 0.5) is 13.2 Å². The third-order valence-electron chi connectivity index (χ3n) is 5.37. The van der Waals surface area contributed by atoms with Gasteiger partial charge in [-0.25, -0.2) is 9.50 Å². The minimum atomic E-state index is -4.63. The molecule has 0 fully saturated rings. The second-order valence-electron chi connectivity index (χ2n) is 7.24. The van der Waals surface area contributed by atoms with Gasteiger partial charge in [-0.3, -0.25) is 4.79 Å². The minimum Gasteiger partial charge on any atom is -0.338 e. The number of halogens is 3. The Balaban J connectivity index is 1.52. The molecule has 6 nitrogen and oxygen atoms in total. The van der Waals surface area contributed by atoms with Crippen molar-refractivity contribution in [3.8, 4) is 0 Å². The number of aromatic nitrogens is 4. The fraction of sp³-hybridized carbons (Fsp3) is 0.400.